The Kier molecular flexibility index (Phi) is 5.29. The number of carbonyl (C=O) groups excluding carboxylic acids is 1. The molecule has 0 aromatic heterocycles. The van der Waals surface area contributed by atoms with Crippen LogP contribution in [0.1, 0.15) is 25.8 Å². The topological polar surface area (TPSA) is 84.3 Å². The number of anilines is 1. The molecule has 6 heteroatoms. The summed E-state index contributed by atoms with van der Waals surface area (Å²) in [6.07, 6.45) is 0.281. The van der Waals surface area contributed by atoms with E-state index in [0.29, 0.717) is 12.2 Å². The molecular formula is C13H19N3O3. The number of nitrogens with one attached hydrogen (secondary N) is 2. The summed E-state index contributed by atoms with van der Waals surface area (Å²) in [6.45, 7) is 5.93. The van der Waals surface area contributed by atoms with Crippen molar-refractivity contribution in [3.8, 4) is 0 Å². The van der Waals surface area contributed by atoms with Crippen molar-refractivity contribution >= 4 is 17.3 Å². The molecule has 0 bridgehead atoms. The van der Waals surface area contributed by atoms with Crippen molar-refractivity contribution in [2.45, 2.75) is 33.2 Å². The highest BCUT2D eigenvalue weighted by molar-refractivity contribution is 5.77. The van der Waals surface area contributed by atoms with Gasteiger partial charge in [0.15, 0.2) is 0 Å². The van der Waals surface area contributed by atoms with Gasteiger partial charge in [-0.15, -0.1) is 0 Å². The van der Waals surface area contributed by atoms with Crippen LogP contribution in [-0.4, -0.2) is 23.4 Å². The SMILES string of the molecule is Cc1ccc(NCCC(=O)NC(C)C)c([N+](=O)[O-])c1. The van der Waals surface area contributed by atoms with Crippen molar-refractivity contribution in [1.82, 2.24) is 5.32 Å². The molecule has 19 heavy (non-hydrogen) atoms. The molecule has 0 fully saturated rings. The standard InChI is InChI=1S/C13H19N3O3/c1-9(2)15-13(17)6-7-14-11-5-4-10(3)8-12(11)16(18)19/h4-5,8-9,14H,6-7H2,1-3H3,(H,15,17). The molecule has 1 aromatic carbocycles. The maximum Gasteiger partial charge on any atom is 0.292 e. The van der Waals surface area contributed by atoms with Crippen LogP contribution in [0.3, 0.4) is 0 Å². The number of carbonyl (C=O) groups is 1. The van der Waals surface area contributed by atoms with Gasteiger partial charge in [-0.2, -0.15) is 0 Å². The van der Waals surface area contributed by atoms with Crippen molar-refractivity contribution in [3.05, 3.63) is 33.9 Å². The third-order valence-corrected chi connectivity index (χ3v) is 2.47. The molecule has 0 aliphatic rings. The Bertz CT molecular complexity index is 472. The summed E-state index contributed by atoms with van der Waals surface area (Å²) in [4.78, 5) is 21.9. The van der Waals surface area contributed by atoms with Gasteiger partial charge in [0, 0.05) is 25.1 Å². The van der Waals surface area contributed by atoms with E-state index in [1.165, 1.54) is 6.07 Å². The van der Waals surface area contributed by atoms with Gasteiger partial charge >= 0.3 is 0 Å². The zero-order valence-electron chi connectivity index (χ0n) is 11.4. The van der Waals surface area contributed by atoms with Gasteiger partial charge in [0.05, 0.1) is 4.92 Å². The number of nitro groups is 1. The van der Waals surface area contributed by atoms with Crippen LogP contribution in [0.4, 0.5) is 11.4 Å². The number of hydrogen-bond donors (Lipinski definition) is 2. The number of nitrogens with zero attached hydrogens (tertiary/aromatic N) is 1. The summed E-state index contributed by atoms with van der Waals surface area (Å²) in [5, 5.41) is 16.6. The normalized spacial score (nSPS) is 10.3. The Balaban J connectivity index is 2.58. The first-order valence-corrected chi connectivity index (χ1v) is 6.18. The molecule has 1 amide bonds. The summed E-state index contributed by atoms with van der Waals surface area (Å²) >= 11 is 0. The van der Waals surface area contributed by atoms with Crippen LogP contribution in [-0.2, 0) is 4.79 Å². The first-order valence-electron chi connectivity index (χ1n) is 6.18. The predicted molar refractivity (Wildman–Crippen MR) is 74.2 cm³/mol. The highest BCUT2D eigenvalue weighted by Gasteiger charge is 2.13. The van der Waals surface area contributed by atoms with Gasteiger partial charge in [0.2, 0.25) is 5.91 Å². The van der Waals surface area contributed by atoms with E-state index in [-0.39, 0.29) is 24.1 Å². The van der Waals surface area contributed by atoms with E-state index in [0.717, 1.165) is 5.56 Å². The average molecular weight is 265 g/mol. The fourth-order valence-electron chi connectivity index (χ4n) is 1.65. The van der Waals surface area contributed by atoms with Gasteiger partial charge in [-0.1, -0.05) is 6.07 Å². The van der Waals surface area contributed by atoms with Crippen LogP contribution in [0.15, 0.2) is 18.2 Å². The van der Waals surface area contributed by atoms with Crippen molar-refractivity contribution < 1.29 is 9.72 Å². The Labute approximate surface area is 112 Å². The Hall–Kier alpha value is -2.11. The minimum Gasteiger partial charge on any atom is -0.379 e. The molecule has 0 saturated heterocycles. The summed E-state index contributed by atoms with van der Waals surface area (Å²) in [5.41, 5.74) is 1.30. The van der Waals surface area contributed by atoms with E-state index in [1.54, 1.807) is 19.1 Å². The highest BCUT2D eigenvalue weighted by Crippen LogP contribution is 2.25. The third-order valence-electron chi connectivity index (χ3n) is 2.47. The van der Waals surface area contributed by atoms with Crippen LogP contribution in [0.25, 0.3) is 0 Å². The second-order valence-electron chi connectivity index (χ2n) is 4.68. The first-order chi connectivity index (χ1) is 8.90. The summed E-state index contributed by atoms with van der Waals surface area (Å²) < 4.78 is 0. The fraction of sp³-hybridized carbons (Fsp3) is 0.462. The summed E-state index contributed by atoms with van der Waals surface area (Å²) in [5.74, 6) is -0.0720. The molecule has 0 atom stereocenters. The molecule has 0 heterocycles. The molecule has 2 N–H and O–H groups in total. The van der Waals surface area contributed by atoms with Gasteiger partial charge in [0.25, 0.3) is 5.69 Å². The number of rotatable bonds is 6. The van der Waals surface area contributed by atoms with Crippen molar-refractivity contribution in [2.24, 2.45) is 0 Å². The second-order valence-corrected chi connectivity index (χ2v) is 4.68. The van der Waals surface area contributed by atoms with Gasteiger partial charge in [0.1, 0.15) is 5.69 Å². The lowest BCUT2D eigenvalue weighted by Crippen LogP contribution is -2.31. The van der Waals surface area contributed by atoms with Gasteiger partial charge in [-0.05, 0) is 32.4 Å². The molecule has 0 unspecified atom stereocenters. The van der Waals surface area contributed by atoms with Crippen LogP contribution in [0, 0.1) is 17.0 Å². The maximum absolute atomic E-state index is 11.4. The second kappa shape index (κ2) is 6.72. The van der Waals surface area contributed by atoms with E-state index in [1.807, 2.05) is 13.8 Å². The molecule has 6 nitrogen and oxygen atoms in total. The molecule has 0 aliphatic heterocycles. The average Bonchev–Trinajstić information content (AvgIpc) is 2.29. The molecule has 1 rings (SSSR count). The van der Waals surface area contributed by atoms with E-state index < -0.39 is 4.92 Å². The number of aryl methyl sites for hydroxylation is 1. The molecular weight excluding hydrogens is 246 g/mol. The smallest absolute Gasteiger partial charge is 0.292 e. The zero-order chi connectivity index (χ0) is 14.4. The van der Waals surface area contributed by atoms with Crippen LogP contribution in [0.2, 0.25) is 0 Å². The Morgan fingerprint density at radius 3 is 2.68 bits per heavy atom. The quantitative estimate of drug-likeness (QED) is 0.610. The number of benzene rings is 1. The van der Waals surface area contributed by atoms with Gasteiger partial charge in [-0.25, -0.2) is 0 Å². The Morgan fingerprint density at radius 1 is 1.42 bits per heavy atom. The largest absolute Gasteiger partial charge is 0.379 e. The maximum atomic E-state index is 11.4. The monoisotopic (exact) mass is 265 g/mol. The molecule has 0 saturated carbocycles. The van der Waals surface area contributed by atoms with E-state index in [4.69, 9.17) is 0 Å². The van der Waals surface area contributed by atoms with Crippen molar-refractivity contribution in [2.75, 3.05) is 11.9 Å². The number of hydrogen-bond acceptors (Lipinski definition) is 4. The Morgan fingerprint density at radius 2 is 2.11 bits per heavy atom. The van der Waals surface area contributed by atoms with Gasteiger partial charge in [-0.3, -0.25) is 14.9 Å². The lowest BCUT2D eigenvalue weighted by molar-refractivity contribution is -0.384. The number of amides is 1. The van der Waals surface area contributed by atoms with Crippen LogP contribution < -0.4 is 10.6 Å². The third kappa shape index (κ3) is 4.95. The number of nitro benzene ring substituents is 1. The summed E-state index contributed by atoms with van der Waals surface area (Å²) in [6, 6.07) is 5.06. The molecule has 0 radical (unpaired) electrons. The van der Waals surface area contributed by atoms with E-state index in [9.17, 15) is 14.9 Å². The zero-order valence-corrected chi connectivity index (χ0v) is 11.4. The fourth-order valence-corrected chi connectivity index (χ4v) is 1.65. The minimum absolute atomic E-state index is 0.0317. The van der Waals surface area contributed by atoms with E-state index >= 15 is 0 Å². The highest BCUT2D eigenvalue weighted by atomic mass is 16.6. The summed E-state index contributed by atoms with van der Waals surface area (Å²) in [7, 11) is 0. The first kappa shape index (κ1) is 14.9. The molecule has 104 valence electrons. The van der Waals surface area contributed by atoms with E-state index in [2.05, 4.69) is 10.6 Å². The van der Waals surface area contributed by atoms with Crippen molar-refractivity contribution in [1.29, 1.82) is 0 Å². The van der Waals surface area contributed by atoms with Gasteiger partial charge < -0.3 is 10.6 Å². The lowest BCUT2D eigenvalue weighted by atomic mass is 10.2. The predicted octanol–water partition coefficient (Wildman–Crippen LogP) is 2.23. The van der Waals surface area contributed by atoms with Crippen molar-refractivity contribution in [3.63, 3.8) is 0 Å². The molecule has 0 spiro atoms. The van der Waals surface area contributed by atoms with Crippen LogP contribution in [0.5, 0.6) is 0 Å². The van der Waals surface area contributed by atoms with Crippen LogP contribution >= 0.6 is 0 Å². The lowest BCUT2D eigenvalue weighted by Gasteiger charge is -2.10. The molecule has 0 aliphatic carbocycles. The minimum atomic E-state index is -0.427. The molecule has 1 aromatic rings.